The van der Waals surface area contributed by atoms with Crippen molar-refractivity contribution < 1.29 is 22.8 Å². The van der Waals surface area contributed by atoms with Gasteiger partial charge in [-0.05, 0) is 67.7 Å². The summed E-state index contributed by atoms with van der Waals surface area (Å²) in [6.07, 6.45) is 1.64. The van der Waals surface area contributed by atoms with E-state index in [0.717, 1.165) is 55.8 Å². The molecule has 2 amide bonds. The number of rotatable bonds is 8. The predicted octanol–water partition coefficient (Wildman–Crippen LogP) is 7.26. The standard InChI is InChI=1S/C32H36ClF3N4O2S/c1-38(20-26-19-37-21-43-26)30(41)27-8-7-25(18-28(27)33)39-13-9-22(10-14-39)17-23-11-15-40(16-12-23)31(42)29(32(34,35)36)24-5-3-2-4-6-24/h2-8,18-19,21-23,29H,9-17,20H2,1H3/t29-/m0/s1. The smallest absolute Gasteiger partial charge is 0.371 e. The molecule has 1 atom stereocenters. The third-order valence-electron chi connectivity index (χ3n) is 8.69. The Bertz CT molecular complexity index is 1370. The molecule has 5 rings (SSSR count). The van der Waals surface area contributed by atoms with Crippen LogP contribution in [-0.2, 0) is 11.3 Å². The summed E-state index contributed by atoms with van der Waals surface area (Å²) in [5.41, 5.74) is 3.21. The number of anilines is 1. The lowest BCUT2D eigenvalue weighted by Crippen LogP contribution is -2.45. The summed E-state index contributed by atoms with van der Waals surface area (Å²) >= 11 is 8.07. The molecule has 0 unspecified atom stereocenters. The van der Waals surface area contributed by atoms with Crippen molar-refractivity contribution >= 4 is 40.4 Å². The first-order valence-electron chi connectivity index (χ1n) is 14.7. The number of amides is 2. The first-order chi connectivity index (χ1) is 20.6. The molecule has 0 radical (unpaired) electrons. The zero-order chi connectivity index (χ0) is 30.6. The number of aromatic nitrogens is 1. The number of nitrogens with zero attached hydrogens (tertiary/aromatic N) is 4. The quantitative estimate of drug-likeness (QED) is 0.262. The SMILES string of the molecule is CN(Cc1cncs1)C(=O)c1ccc(N2CCC(CC3CCN(C(=O)[C@H](c4ccccc4)C(F)(F)F)CC3)CC2)cc1Cl. The molecule has 2 aliphatic rings. The van der Waals surface area contributed by atoms with Gasteiger partial charge < -0.3 is 14.7 Å². The van der Waals surface area contributed by atoms with Gasteiger partial charge in [0.05, 0.1) is 22.6 Å². The van der Waals surface area contributed by atoms with Gasteiger partial charge >= 0.3 is 6.18 Å². The Morgan fingerprint density at radius 1 is 1.02 bits per heavy atom. The molecule has 3 heterocycles. The number of benzene rings is 2. The number of likely N-dealkylation sites (tertiary alicyclic amines) is 1. The molecule has 3 aromatic rings. The first-order valence-corrected chi connectivity index (χ1v) is 15.9. The number of halogens is 4. The Labute approximate surface area is 259 Å². The predicted molar refractivity (Wildman–Crippen MR) is 163 cm³/mol. The molecule has 2 aromatic carbocycles. The maximum Gasteiger partial charge on any atom is 0.404 e. The minimum atomic E-state index is -4.62. The number of hydrogen-bond acceptors (Lipinski definition) is 5. The van der Waals surface area contributed by atoms with Gasteiger partial charge in [0.2, 0.25) is 5.91 Å². The first kappa shape index (κ1) is 31.3. The molecule has 2 aliphatic heterocycles. The Kier molecular flexibility index (Phi) is 9.96. The fraction of sp³-hybridized carbons (Fsp3) is 0.469. The van der Waals surface area contributed by atoms with Crippen LogP contribution < -0.4 is 4.90 Å². The van der Waals surface area contributed by atoms with Crippen molar-refractivity contribution in [2.75, 3.05) is 38.1 Å². The summed E-state index contributed by atoms with van der Waals surface area (Å²) in [6.45, 7) is 2.96. The Morgan fingerprint density at radius 2 is 1.67 bits per heavy atom. The summed E-state index contributed by atoms with van der Waals surface area (Å²) in [6, 6.07) is 13.1. The fourth-order valence-electron chi connectivity index (χ4n) is 6.29. The molecule has 0 bridgehead atoms. The number of alkyl halides is 3. The number of carbonyl (C=O) groups excluding carboxylic acids is 2. The van der Waals surface area contributed by atoms with Crippen LogP contribution in [0.5, 0.6) is 0 Å². The molecule has 2 saturated heterocycles. The molecule has 1 aromatic heterocycles. The van der Waals surface area contributed by atoms with E-state index in [2.05, 4.69) is 9.88 Å². The van der Waals surface area contributed by atoms with Crippen LogP contribution in [0.3, 0.4) is 0 Å². The average Bonchev–Trinajstić information content (AvgIpc) is 3.50. The molecule has 0 aliphatic carbocycles. The van der Waals surface area contributed by atoms with Crippen molar-refractivity contribution in [3.8, 4) is 0 Å². The Hall–Kier alpha value is -3.11. The zero-order valence-corrected chi connectivity index (χ0v) is 25.7. The molecule has 0 saturated carbocycles. The number of hydrogen-bond donors (Lipinski definition) is 0. The maximum absolute atomic E-state index is 13.8. The van der Waals surface area contributed by atoms with Gasteiger partial charge in [0, 0.05) is 50.0 Å². The van der Waals surface area contributed by atoms with E-state index in [4.69, 9.17) is 11.6 Å². The lowest BCUT2D eigenvalue weighted by atomic mass is 9.82. The van der Waals surface area contributed by atoms with Gasteiger partial charge in [-0.1, -0.05) is 41.9 Å². The zero-order valence-electron chi connectivity index (χ0n) is 24.1. The van der Waals surface area contributed by atoms with Gasteiger partial charge in [-0.3, -0.25) is 14.6 Å². The molecule has 11 heteroatoms. The monoisotopic (exact) mass is 632 g/mol. The third kappa shape index (κ3) is 7.70. The van der Waals surface area contributed by atoms with Gasteiger partial charge in [-0.25, -0.2) is 0 Å². The number of thiazole rings is 1. The van der Waals surface area contributed by atoms with Gasteiger partial charge in [0.1, 0.15) is 0 Å². The van der Waals surface area contributed by atoms with E-state index >= 15 is 0 Å². The molecular formula is C32H36ClF3N4O2S. The highest BCUT2D eigenvalue weighted by molar-refractivity contribution is 7.09. The molecule has 0 spiro atoms. The van der Waals surface area contributed by atoms with E-state index in [1.54, 1.807) is 35.8 Å². The van der Waals surface area contributed by atoms with Crippen molar-refractivity contribution in [1.29, 1.82) is 0 Å². The van der Waals surface area contributed by atoms with Gasteiger partial charge in [-0.15, -0.1) is 11.3 Å². The Balaban J connectivity index is 1.09. The van der Waals surface area contributed by atoms with Crippen LogP contribution in [0.25, 0.3) is 0 Å². The van der Waals surface area contributed by atoms with Gasteiger partial charge in [-0.2, -0.15) is 13.2 Å². The molecule has 6 nitrogen and oxygen atoms in total. The lowest BCUT2D eigenvalue weighted by molar-refractivity contribution is -0.173. The second-order valence-electron chi connectivity index (χ2n) is 11.6. The summed E-state index contributed by atoms with van der Waals surface area (Å²) in [5, 5.41) is 0.433. The van der Waals surface area contributed by atoms with Crippen LogP contribution in [0.15, 0.2) is 60.2 Å². The number of piperidine rings is 2. The van der Waals surface area contributed by atoms with E-state index in [0.29, 0.717) is 42.1 Å². The second-order valence-corrected chi connectivity index (χ2v) is 13.0. The third-order valence-corrected chi connectivity index (χ3v) is 9.76. The summed E-state index contributed by atoms with van der Waals surface area (Å²) in [4.78, 5) is 36.3. The fourth-order valence-corrected chi connectivity index (χ4v) is 7.20. The van der Waals surface area contributed by atoms with Crippen molar-refractivity contribution in [3.05, 3.63) is 81.3 Å². The highest BCUT2D eigenvalue weighted by atomic mass is 35.5. The van der Waals surface area contributed by atoms with E-state index in [-0.39, 0.29) is 11.5 Å². The summed E-state index contributed by atoms with van der Waals surface area (Å²) in [5.74, 6) is -2.15. The van der Waals surface area contributed by atoms with Gasteiger partial charge in [0.15, 0.2) is 5.92 Å². The lowest BCUT2D eigenvalue weighted by Gasteiger charge is -2.38. The van der Waals surface area contributed by atoms with Crippen molar-refractivity contribution in [1.82, 2.24) is 14.8 Å². The molecule has 43 heavy (non-hydrogen) atoms. The Morgan fingerprint density at radius 3 is 2.26 bits per heavy atom. The summed E-state index contributed by atoms with van der Waals surface area (Å²) < 4.78 is 41.5. The normalized spacial score (nSPS) is 17.6. The maximum atomic E-state index is 13.8. The van der Waals surface area contributed by atoms with Gasteiger partial charge in [0.25, 0.3) is 5.91 Å². The largest absolute Gasteiger partial charge is 0.404 e. The van der Waals surface area contributed by atoms with Crippen molar-refractivity contribution in [2.24, 2.45) is 11.8 Å². The minimum absolute atomic E-state index is 0.00402. The van der Waals surface area contributed by atoms with Crippen molar-refractivity contribution in [3.63, 3.8) is 0 Å². The highest BCUT2D eigenvalue weighted by Gasteiger charge is 2.48. The van der Waals surface area contributed by atoms with Crippen LogP contribution in [0, 0.1) is 11.8 Å². The van der Waals surface area contributed by atoms with Crippen LogP contribution in [0.4, 0.5) is 18.9 Å². The molecule has 2 fully saturated rings. The van der Waals surface area contributed by atoms with E-state index in [1.807, 2.05) is 12.1 Å². The average molecular weight is 633 g/mol. The molecule has 0 N–H and O–H groups in total. The van der Waals surface area contributed by atoms with Crippen molar-refractivity contribution in [2.45, 2.75) is 50.7 Å². The van der Waals surface area contributed by atoms with Crippen LogP contribution in [-0.4, -0.2) is 66.0 Å². The molecule has 230 valence electrons. The summed E-state index contributed by atoms with van der Waals surface area (Å²) in [7, 11) is 1.75. The van der Waals surface area contributed by atoms with E-state index in [9.17, 15) is 22.8 Å². The van der Waals surface area contributed by atoms with Crippen LogP contribution >= 0.6 is 22.9 Å². The molecular weight excluding hydrogens is 597 g/mol. The topological polar surface area (TPSA) is 56.8 Å². The van der Waals surface area contributed by atoms with Crippen LogP contribution in [0.1, 0.15) is 58.8 Å². The minimum Gasteiger partial charge on any atom is -0.371 e. The number of carbonyl (C=O) groups is 2. The van der Waals surface area contributed by atoms with E-state index in [1.165, 1.54) is 40.5 Å². The second kappa shape index (κ2) is 13.7. The van der Waals surface area contributed by atoms with E-state index < -0.39 is 18.0 Å². The highest BCUT2D eigenvalue weighted by Crippen LogP contribution is 2.38. The van der Waals surface area contributed by atoms with Crippen LogP contribution in [0.2, 0.25) is 5.02 Å².